The Bertz CT molecular complexity index is 965. The standard InChI is InChI=1S/C22H24FNO3/c1-22(2,3)20(26)19(25)15-10-11-18(24-21(15)27-4)14-9-8-13-6-5-7-17(23)16(13)12-14/h5-12,19-20,25-26H,1-4H3. The third-order valence-corrected chi connectivity index (χ3v) is 4.71. The molecule has 0 fully saturated rings. The molecule has 3 rings (SSSR count). The number of pyridine rings is 1. The third-order valence-electron chi connectivity index (χ3n) is 4.71. The van der Waals surface area contributed by atoms with Gasteiger partial charge in [0.25, 0.3) is 0 Å². The van der Waals surface area contributed by atoms with E-state index in [9.17, 15) is 14.6 Å². The zero-order chi connectivity index (χ0) is 19.8. The minimum absolute atomic E-state index is 0.233. The molecule has 2 unspecified atom stereocenters. The number of aliphatic hydroxyl groups excluding tert-OH is 2. The molecule has 4 nitrogen and oxygen atoms in total. The fraction of sp³-hybridized carbons (Fsp3) is 0.318. The van der Waals surface area contributed by atoms with Gasteiger partial charge in [0.15, 0.2) is 0 Å². The predicted molar refractivity (Wildman–Crippen MR) is 104 cm³/mol. The number of halogens is 1. The van der Waals surface area contributed by atoms with Gasteiger partial charge in [-0.2, -0.15) is 0 Å². The maximum atomic E-state index is 14.1. The molecule has 0 saturated carbocycles. The molecule has 1 aromatic heterocycles. The van der Waals surface area contributed by atoms with E-state index in [1.807, 2.05) is 39.0 Å². The van der Waals surface area contributed by atoms with Gasteiger partial charge < -0.3 is 14.9 Å². The van der Waals surface area contributed by atoms with Crippen LogP contribution in [0.1, 0.15) is 32.4 Å². The molecule has 2 N–H and O–H groups in total. The largest absolute Gasteiger partial charge is 0.481 e. The van der Waals surface area contributed by atoms with E-state index in [2.05, 4.69) is 4.98 Å². The summed E-state index contributed by atoms with van der Waals surface area (Å²) in [6, 6.07) is 13.8. The van der Waals surface area contributed by atoms with Gasteiger partial charge in [-0.15, -0.1) is 0 Å². The first kappa shape index (κ1) is 19.3. The Labute approximate surface area is 158 Å². The van der Waals surface area contributed by atoms with E-state index in [4.69, 9.17) is 4.74 Å². The van der Waals surface area contributed by atoms with Crippen molar-refractivity contribution in [2.45, 2.75) is 33.0 Å². The van der Waals surface area contributed by atoms with Crippen LogP contribution in [0.3, 0.4) is 0 Å². The Hall–Kier alpha value is -2.50. The summed E-state index contributed by atoms with van der Waals surface area (Å²) >= 11 is 0. The van der Waals surface area contributed by atoms with E-state index < -0.39 is 17.6 Å². The second-order valence-corrected chi connectivity index (χ2v) is 7.73. The highest BCUT2D eigenvalue weighted by Gasteiger charge is 2.32. The van der Waals surface area contributed by atoms with Crippen molar-refractivity contribution in [1.82, 2.24) is 4.98 Å². The summed E-state index contributed by atoms with van der Waals surface area (Å²) in [4.78, 5) is 4.47. The number of methoxy groups -OCH3 is 1. The van der Waals surface area contributed by atoms with Gasteiger partial charge in [-0.05, 0) is 35.1 Å². The van der Waals surface area contributed by atoms with E-state index in [1.54, 1.807) is 24.3 Å². The second-order valence-electron chi connectivity index (χ2n) is 7.73. The summed E-state index contributed by atoms with van der Waals surface area (Å²) in [5, 5.41) is 22.3. The van der Waals surface area contributed by atoms with Crippen molar-refractivity contribution in [2.24, 2.45) is 5.41 Å². The van der Waals surface area contributed by atoms with Crippen LogP contribution in [-0.2, 0) is 0 Å². The monoisotopic (exact) mass is 369 g/mol. The SMILES string of the molecule is COc1nc(-c2ccc3cccc(F)c3c2)ccc1C(O)C(O)C(C)(C)C. The molecule has 5 heteroatoms. The van der Waals surface area contributed by atoms with Crippen molar-refractivity contribution in [3.8, 4) is 17.1 Å². The average Bonchev–Trinajstić information content (AvgIpc) is 2.65. The van der Waals surface area contributed by atoms with Gasteiger partial charge in [0.1, 0.15) is 11.9 Å². The van der Waals surface area contributed by atoms with E-state index in [1.165, 1.54) is 13.2 Å². The lowest BCUT2D eigenvalue weighted by Crippen LogP contribution is -2.32. The van der Waals surface area contributed by atoms with Gasteiger partial charge in [-0.25, -0.2) is 9.37 Å². The van der Waals surface area contributed by atoms with Crippen LogP contribution >= 0.6 is 0 Å². The van der Waals surface area contributed by atoms with Crippen molar-refractivity contribution >= 4 is 10.8 Å². The fourth-order valence-corrected chi connectivity index (χ4v) is 3.04. The molecule has 0 amide bonds. The molecule has 0 saturated heterocycles. The normalized spacial score (nSPS) is 14.2. The molecule has 2 atom stereocenters. The number of nitrogens with zero attached hydrogens (tertiary/aromatic N) is 1. The van der Waals surface area contributed by atoms with Crippen molar-refractivity contribution in [2.75, 3.05) is 7.11 Å². The van der Waals surface area contributed by atoms with Crippen LogP contribution < -0.4 is 4.74 Å². The zero-order valence-electron chi connectivity index (χ0n) is 15.9. The van der Waals surface area contributed by atoms with Crippen molar-refractivity contribution in [3.63, 3.8) is 0 Å². The highest BCUT2D eigenvalue weighted by Crippen LogP contribution is 2.35. The molecular weight excluding hydrogens is 345 g/mol. The minimum atomic E-state index is -1.13. The number of rotatable bonds is 4. The Morgan fingerprint density at radius 2 is 1.78 bits per heavy atom. The van der Waals surface area contributed by atoms with Gasteiger partial charge >= 0.3 is 0 Å². The lowest BCUT2D eigenvalue weighted by atomic mass is 9.83. The highest BCUT2D eigenvalue weighted by atomic mass is 19.1. The summed E-state index contributed by atoms with van der Waals surface area (Å²) < 4.78 is 19.4. The van der Waals surface area contributed by atoms with E-state index in [0.717, 1.165) is 10.9 Å². The summed E-state index contributed by atoms with van der Waals surface area (Å²) in [5.41, 5.74) is 1.25. The molecule has 1 heterocycles. The lowest BCUT2D eigenvalue weighted by molar-refractivity contribution is -0.0468. The van der Waals surface area contributed by atoms with E-state index >= 15 is 0 Å². The molecule has 0 radical (unpaired) electrons. The Kier molecular flexibility index (Phi) is 5.18. The lowest BCUT2D eigenvalue weighted by Gasteiger charge is -2.30. The van der Waals surface area contributed by atoms with Gasteiger partial charge in [0.2, 0.25) is 5.88 Å². The number of hydrogen-bond acceptors (Lipinski definition) is 4. The van der Waals surface area contributed by atoms with Crippen molar-refractivity contribution in [3.05, 3.63) is 59.9 Å². The van der Waals surface area contributed by atoms with Crippen LogP contribution in [0, 0.1) is 11.2 Å². The van der Waals surface area contributed by atoms with Gasteiger partial charge in [-0.1, -0.05) is 45.0 Å². The Balaban J connectivity index is 2.03. The number of aliphatic hydroxyl groups is 2. The minimum Gasteiger partial charge on any atom is -0.481 e. The number of ether oxygens (including phenoxy) is 1. The zero-order valence-corrected chi connectivity index (χ0v) is 15.9. The molecule has 0 aliphatic heterocycles. The van der Waals surface area contributed by atoms with Crippen LogP contribution in [0.15, 0.2) is 48.5 Å². The third kappa shape index (κ3) is 3.80. The maximum absolute atomic E-state index is 14.1. The van der Waals surface area contributed by atoms with Crippen molar-refractivity contribution in [1.29, 1.82) is 0 Å². The first-order chi connectivity index (χ1) is 12.7. The summed E-state index contributed by atoms with van der Waals surface area (Å²) in [7, 11) is 1.46. The van der Waals surface area contributed by atoms with Gasteiger partial charge in [0.05, 0.1) is 18.9 Å². The molecule has 27 heavy (non-hydrogen) atoms. The van der Waals surface area contributed by atoms with Crippen LogP contribution in [-0.4, -0.2) is 28.4 Å². The first-order valence-corrected chi connectivity index (χ1v) is 8.82. The fourth-order valence-electron chi connectivity index (χ4n) is 3.04. The van der Waals surface area contributed by atoms with Gasteiger partial charge in [-0.3, -0.25) is 0 Å². The molecule has 2 aromatic carbocycles. The van der Waals surface area contributed by atoms with Crippen LogP contribution in [0.5, 0.6) is 5.88 Å². The van der Waals surface area contributed by atoms with Crippen molar-refractivity contribution < 1.29 is 19.3 Å². The quantitative estimate of drug-likeness (QED) is 0.711. The van der Waals surface area contributed by atoms with Crippen LogP contribution in [0.25, 0.3) is 22.0 Å². The number of benzene rings is 2. The molecular formula is C22H24FNO3. The van der Waals surface area contributed by atoms with Gasteiger partial charge in [0, 0.05) is 16.5 Å². The number of fused-ring (bicyclic) bond motifs is 1. The first-order valence-electron chi connectivity index (χ1n) is 8.82. The molecule has 0 spiro atoms. The molecule has 3 aromatic rings. The molecule has 0 aliphatic rings. The average molecular weight is 369 g/mol. The maximum Gasteiger partial charge on any atom is 0.219 e. The second kappa shape index (κ2) is 7.25. The van der Waals surface area contributed by atoms with Crippen LogP contribution in [0.4, 0.5) is 4.39 Å². The summed E-state index contributed by atoms with van der Waals surface area (Å²) in [6.07, 6.45) is -2.11. The molecule has 0 bridgehead atoms. The van der Waals surface area contributed by atoms with E-state index in [-0.39, 0.29) is 11.7 Å². The molecule has 142 valence electrons. The van der Waals surface area contributed by atoms with Crippen LogP contribution in [0.2, 0.25) is 0 Å². The predicted octanol–water partition coefficient (Wildman–Crippen LogP) is 4.49. The smallest absolute Gasteiger partial charge is 0.219 e. The number of hydrogen-bond donors (Lipinski definition) is 2. The Morgan fingerprint density at radius 3 is 2.44 bits per heavy atom. The topological polar surface area (TPSA) is 62.6 Å². The highest BCUT2D eigenvalue weighted by molar-refractivity contribution is 5.87. The summed E-state index contributed by atoms with van der Waals surface area (Å²) in [6.45, 7) is 5.54. The summed E-state index contributed by atoms with van der Waals surface area (Å²) in [5.74, 6) is -0.0569. The number of aromatic nitrogens is 1. The van der Waals surface area contributed by atoms with E-state index in [0.29, 0.717) is 16.6 Å². The Morgan fingerprint density at radius 1 is 1.04 bits per heavy atom. The molecule has 0 aliphatic carbocycles.